The SMILES string of the molecule is CC(C)c1cc(Br)cs1.CC(C)c1cc(Br)sc1Cl.CC(C)c1ccc(Br)s1.CC(C)c1ccc(C#N)s1.CC(C)c1csc(Br)c1.CC(C)c1sc(Br)cc1Cl.CC(C)c1sc(C#N)cc1Cl.CC(C)c1sc(C2CC2)cc1Cl.CC(C)c1sccc1Br.CC(C)c1sccc1Cl.Cc1cccs1. The first-order chi connectivity index (χ1) is 48.7. The maximum Gasteiger partial charge on any atom is 0.110 e. The van der Waals surface area contributed by atoms with E-state index in [1.165, 1.54) is 95.7 Å². The van der Waals surface area contributed by atoms with E-state index in [-0.39, 0.29) is 0 Å². The van der Waals surface area contributed by atoms with Crippen molar-refractivity contribution in [2.24, 2.45) is 0 Å². The molecule has 1 fully saturated rings. The van der Waals surface area contributed by atoms with Crippen LogP contribution in [0.15, 0.2) is 136 Å². The van der Waals surface area contributed by atoms with Gasteiger partial charge in [-0.3, -0.25) is 0 Å². The quantitative estimate of drug-likeness (QED) is 0.130. The van der Waals surface area contributed by atoms with E-state index >= 15 is 0 Å². The molecule has 0 aromatic carbocycles. The molecule has 0 spiro atoms. The van der Waals surface area contributed by atoms with Gasteiger partial charge in [-0.1, -0.05) is 203 Å². The van der Waals surface area contributed by atoms with Gasteiger partial charge in [0.15, 0.2) is 0 Å². The second-order valence-electron chi connectivity index (χ2n) is 26.5. The molecule has 0 aliphatic heterocycles. The fourth-order valence-corrected chi connectivity index (χ4v) is 24.4. The average Bonchev–Trinajstić information content (AvgIpc) is 1.66. The van der Waals surface area contributed by atoms with Crippen LogP contribution in [-0.4, -0.2) is 0 Å². The summed E-state index contributed by atoms with van der Waals surface area (Å²) in [6.07, 6.45) is 2.74. The van der Waals surface area contributed by atoms with Crippen LogP contribution in [-0.2, 0) is 0 Å². The lowest BCUT2D eigenvalue weighted by molar-refractivity contribution is 0.872. The summed E-state index contributed by atoms with van der Waals surface area (Å²) >= 11 is 69.1. The fraction of sp³-hybridized carbons (Fsp3) is 0.425. The third-order valence-electron chi connectivity index (χ3n) is 14.0. The molecule has 0 bridgehead atoms. The minimum atomic E-state index is 0.412. The molecule has 11 heterocycles. The van der Waals surface area contributed by atoms with Crippen LogP contribution in [0.3, 0.4) is 0 Å². The second kappa shape index (κ2) is 53.2. The molecular weight excluding hydrogens is 2000 g/mol. The van der Waals surface area contributed by atoms with Crippen molar-refractivity contribution >= 4 is 278 Å². The highest BCUT2D eigenvalue weighted by Crippen LogP contribution is 2.47. The van der Waals surface area contributed by atoms with Crippen molar-refractivity contribution in [3.05, 3.63) is 230 Å². The van der Waals surface area contributed by atoms with Crippen LogP contribution in [0.2, 0.25) is 24.4 Å². The van der Waals surface area contributed by atoms with Crippen molar-refractivity contribution < 1.29 is 0 Å². The number of hydrogen-bond acceptors (Lipinski definition) is 13. The van der Waals surface area contributed by atoms with Crippen LogP contribution in [0.25, 0.3) is 0 Å². The molecule has 12 rings (SSSR count). The molecule has 0 radical (unpaired) electrons. The van der Waals surface area contributed by atoms with Crippen molar-refractivity contribution in [2.45, 2.75) is 223 Å². The van der Waals surface area contributed by atoms with E-state index in [2.05, 4.69) is 329 Å². The van der Waals surface area contributed by atoms with Gasteiger partial charge in [-0.15, -0.1) is 125 Å². The lowest BCUT2D eigenvalue weighted by atomic mass is 10.1. The van der Waals surface area contributed by atoms with Crippen molar-refractivity contribution in [1.82, 2.24) is 0 Å². The van der Waals surface area contributed by atoms with E-state index < -0.39 is 0 Å². The van der Waals surface area contributed by atoms with E-state index in [4.69, 9.17) is 68.5 Å². The van der Waals surface area contributed by atoms with Gasteiger partial charge in [0, 0.05) is 63.1 Å². The number of nitrogens with zero attached hydrogens (tertiary/aromatic N) is 2. The smallest absolute Gasteiger partial charge is 0.110 e. The van der Waals surface area contributed by atoms with E-state index in [0.29, 0.717) is 64.1 Å². The molecular formula is C80H97Br6Cl5N2S11. The molecule has 0 saturated heterocycles. The van der Waals surface area contributed by atoms with Crippen molar-refractivity contribution in [2.75, 3.05) is 0 Å². The Balaban J connectivity index is 0.000000390. The van der Waals surface area contributed by atoms with Crippen LogP contribution in [0.4, 0.5) is 0 Å². The summed E-state index contributed by atoms with van der Waals surface area (Å²) in [7, 11) is 0. The average molecular weight is 2100 g/mol. The van der Waals surface area contributed by atoms with Crippen molar-refractivity contribution in [1.29, 1.82) is 10.5 Å². The largest absolute Gasteiger partial charge is 0.192 e. The van der Waals surface area contributed by atoms with Crippen molar-refractivity contribution in [3.63, 3.8) is 0 Å². The van der Waals surface area contributed by atoms with E-state index in [1.807, 2.05) is 75.0 Å². The van der Waals surface area contributed by atoms with E-state index in [0.717, 1.165) is 47.7 Å². The lowest BCUT2D eigenvalue weighted by Crippen LogP contribution is -1.81. The molecule has 2 nitrogen and oxygen atoms in total. The Hall–Kier alpha value is 0.01000. The highest BCUT2D eigenvalue weighted by molar-refractivity contribution is 9.12. The molecule has 24 heteroatoms. The predicted molar refractivity (Wildman–Crippen MR) is 506 cm³/mol. The van der Waals surface area contributed by atoms with Gasteiger partial charge < -0.3 is 0 Å². The molecule has 11 aromatic heterocycles. The molecule has 11 aromatic rings. The van der Waals surface area contributed by atoms with Crippen LogP contribution < -0.4 is 0 Å². The highest BCUT2D eigenvalue weighted by Gasteiger charge is 2.27. The van der Waals surface area contributed by atoms with Crippen LogP contribution >= 0.6 is 278 Å². The Bertz CT molecular complexity index is 4000. The van der Waals surface area contributed by atoms with Gasteiger partial charge in [0.05, 0.1) is 39.6 Å². The number of halogens is 11. The first-order valence-corrected chi connectivity index (χ1v) is 49.7. The summed E-state index contributed by atoms with van der Waals surface area (Å²) in [6, 6.07) is 32.8. The van der Waals surface area contributed by atoms with Crippen LogP contribution in [0.5, 0.6) is 0 Å². The lowest BCUT2D eigenvalue weighted by Gasteiger charge is -1.99. The monoisotopic (exact) mass is 2090 g/mol. The second-order valence-corrected chi connectivity index (χ2v) is 47.4. The first kappa shape index (κ1) is 100. The standard InChI is InChI=1S/C10H13ClS.C8H8ClNS.C8H9NS.2C7H8BrClS.4C7H9BrS.C7H9ClS.C5H6S/c1-6(2)10-8(11)5-9(12-10)7-3-4-7;1-5(2)8-7(9)3-6(4-10)11-8;1-6(2)8-4-3-7(5-9)10-8;1-4(2)7-5(9)3-6(8)10-7;1-4(2)5-3-6(8)10-7(5)9;1-5(2)7-3-6(8)4-9-7;1-5(2)6-3-7(8)9-4-6;1-5(2)7-6(8)3-4-9-7;1-5(2)6-3-4-7(8)9-6;1-5(2)7-6(8)3-4-9-7;1-5-3-2-4-6-5/h5-7H,3-4H2,1-2H3;3,5H,1-2H3;3-4,6H,1-2H3;2*3-4H,1-2H3;5*3-5H,1-2H3;2-4H,1H3. The summed E-state index contributed by atoms with van der Waals surface area (Å²) in [6.45, 7) is 45.4. The summed E-state index contributed by atoms with van der Waals surface area (Å²) in [5, 5.41) is 31.1. The van der Waals surface area contributed by atoms with E-state index in [9.17, 15) is 0 Å². The van der Waals surface area contributed by atoms with E-state index in [1.54, 1.807) is 74.1 Å². The van der Waals surface area contributed by atoms with Gasteiger partial charge >= 0.3 is 0 Å². The third-order valence-corrected chi connectivity index (χ3v) is 33.4. The van der Waals surface area contributed by atoms with Crippen molar-refractivity contribution in [3.8, 4) is 12.1 Å². The number of rotatable bonds is 11. The Morgan fingerprint density at radius 1 is 0.375 bits per heavy atom. The Labute approximate surface area is 744 Å². The molecule has 0 N–H and O–H groups in total. The molecule has 0 unspecified atom stereocenters. The number of nitriles is 2. The maximum absolute atomic E-state index is 8.56. The van der Waals surface area contributed by atoms with Gasteiger partial charge in [-0.05, 0) is 292 Å². The van der Waals surface area contributed by atoms with Crippen LogP contribution in [0.1, 0.15) is 286 Å². The fourth-order valence-electron chi connectivity index (χ4n) is 8.10. The number of aryl methyl sites for hydroxylation is 1. The number of hydrogen-bond donors (Lipinski definition) is 0. The summed E-state index contributed by atoms with van der Waals surface area (Å²) in [4.78, 5) is 15.0. The van der Waals surface area contributed by atoms with Gasteiger partial charge in [0.2, 0.25) is 0 Å². The topological polar surface area (TPSA) is 47.6 Å². The molecule has 0 atom stereocenters. The zero-order valence-electron chi connectivity index (χ0n) is 62.8. The molecule has 1 aliphatic rings. The van der Waals surface area contributed by atoms with Gasteiger partial charge in [-0.25, -0.2) is 0 Å². The van der Waals surface area contributed by atoms with Gasteiger partial charge in [0.1, 0.15) is 21.9 Å². The minimum absolute atomic E-state index is 0.412. The van der Waals surface area contributed by atoms with Gasteiger partial charge in [-0.2, -0.15) is 10.5 Å². The molecule has 0 amide bonds. The molecule has 570 valence electrons. The molecule has 1 aliphatic carbocycles. The Morgan fingerprint density at radius 3 is 1.13 bits per heavy atom. The summed E-state index contributed by atoms with van der Waals surface area (Å²) in [5.74, 6) is 6.66. The van der Waals surface area contributed by atoms with Crippen LogP contribution in [0, 0.1) is 29.6 Å². The zero-order chi connectivity index (χ0) is 78.8. The first-order valence-electron chi connectivity index (χ1n) is 33.8. The molecule has 1 saturated carbocycles. The summed E-state index contributed by atoms with van der Waals surface area (Å²) < 4.78 is 8.04. The zero-order valence-corrected chi connectivity index (χ0v) is 85.1. The van der Waals surface area contributed by atoms with Gasteiger partial charge in [0.25, 0.3) is 0 Å². The predicted octanol–water partition coefficient (Wildman–Crippen LogP) is 39.2. The number of thiophene rings is 11. The maximum atomic E-state index is 8.56. The normalized spacial score (nSPS) is 11.2. The summed E-state index contributed by atoms with van der Waals surface area (Å²) in [5.41, 5.74) is 2.66. The highest BCUT2D eigenvalue weighted by atomic mass is 79.9. The minimum Gasteiger partial charge on any atom is -0.192 e. The Morgan fingerprint density at radius 2 is 0.885 bits per heavy atom. The third kappa shape index (κ3) is 39.7. The Kier molecular flexibility index (Phi) is 51.2. The molecule has 104 heavy (non-hydrogen) atoms.